The SMILES string of the molecule is CC(C)(C)CCCNC(=O)CCN. The normalized spacial score (nSPS) is 11.4. The van der Waals surface area contributed by atoms with Crippen LogP contribution in [0.2, 0.25) is 0 Å². The van der Waals surface area contributed by atoms with Gasteiger partial charge in [0.2, 0.25) is 5.91 Å². The summed E-state index contributed by atoms with van der Waals surface area (Å²) >= 11 is 0. The van der Waals surface area contributed by atoms with Gasteiger partial charge in [-0.1, -0.05) is 20.8 Å². The number of carbonyl (C=O) groups is 1. The predicted octanol–water partition coefficient (Wildman–Crippen LogP) is 1.28. The Balaban J connectivity index is 3.31. The van der Waals surface area contributed by atoms with E-state index in [-0.39, 0.29) is 5.91 Å². The minimum absolute atomic E-state index is 0.0661. The standard InChI is InChI=1S/C10H22N2O/c1-10(2,3)6-4-8-12-9(13)5-7-11/h4-8,11H2,1-3H3,(H,12,13). The van der Waals surface area contributed by atoms with Crippen LogP contribution in [-0.4, -0.2) is 19.0 Å². The van der Waals surface area contributed by atoms with Crippen LogP contribution in [0.4, 0.5) is 0 Å². The monoisotopic (exact) mass is 186 g/mol. The average Bonchev–Trinajstić information content (AvgIpc) is 1.97. The van der Waals surface area contributed by atoms with Crippen molar-refractivity contribution in [1.82, 2.24) is 5.32 Å². The van der Waals surface area contributed by atoms with Crippen molar-refractivity contribution in [3.63, 3.8) is 0 Å². The molecule has 0 aromatic carbocycles. The van der Waals surface area contributed by atoms with Gasteiger partial charge in [0.25, 0.3) is 0 Å². The van der Waals surface area contributed by atoms with E-state index < -0.39 is 0 Å². The van der Waals surface area contributed by atoms with E-state index >= 15 is 0 Å². The summed E-state index contributed by atoms with van der Waals surface area (Å²) in [4.78, 5) is 11.0. The molecule has 0 radical (unpaired) electrons. The van der Waals surface area contributed by atoms with Gasteiger partial charge in [-0.3, -0.25) is 4.79 Å². The number of nitrogens with one attached hydrogen (secondary N) is 1. The maximum atomic E-state index is 11.0. The average molecular weight is 186 g/mol. The number of rotatable bonds is 5. The molecule has 0 aromatic heterocycles. The smallest absolute Gasteiger partial charge is 0.221 e. The van der Waals surface area contributed by atoms with Crippen LogP contribution in [0, 0.1) is 5.41 Å². The fourth-order valence-corrected chi connectivity index (χ4v) is 1.07. The van der Waals surface area contributed by atoms with Crippen molar-refractivity contribution in [3.05, 3.63) is 0 Å². The number of nitrogens with two attached hydrogens (primary N) is 1. The zero-order valence-corrected chi connectivity index (χ0v) is 9.02. The van der Waals surface area contributed by atoms with E-state index in [4.69, 9.17) is 5.73 Å². The van der Waals surface area contributed by atoms with E-state index in [1.807, 2.05) is 0 Å². The molecule has 0 atom stereocenters. The highest BCUT2D eigenvalue weighted by atomic mass is 16.1. The first kappa shape index (κ1) is 12.4. The number of hydrogen-bond acceptors (Lipinski definition) is 2. The van der Waals surface area contributed by atoms with Gasteiger partial charge in [0, 0.05) is 19.5 Å². The van der Waals surface area contributed by atoms with Crippen LogP contribution in [0.3, 0.4) is 0 Å². The molecular weight excluding hydrogens is 164 g/mol. The summed E-state index contributed by atoms with van der Waals surface area (Å²) in [5.74, 6) is 0.0661. The Hall–Kier alpha value is -0.570. The Bertz CT molecular complexity index is 149. The van der Waals surface area contributed by atoms with E-state index in [1.54, 1.807) is 0 Å². The minimum atomic E-state index is 0.0661. The molecule has 0 spiro atoms. The van der Waals surface area contributed by atoms with Crippen LogP contribution in [0.15, 0.2) is 0 Å². The Morgan fingerprint density at radius 2 is 2.00 bits per heavy atom. The maximum Gasteiger partial charge on any atom is 0.221 e. The topological polar surface area (TPSA) is 55.1 Å². The highest BCUT2D eigenvalue weighted by Crippen LogP contribution is 2.19. The predicted molar refractivity (Wildman–Crippen MR) is 55.4 cm³/mol. The highest BCUT2D eigenvalue weighted by molar-refractivity contribution is 5.75. The lowest BCUT2D eigenvalue weighted by molar-refractivity contribution is -0.120. The lowest BCUT2D eigenvalue weighted by Gasteiger charge is -2.17. The zero-order chi connectivity index (χ0) is 10.3. The molecule has 78 valence electrons. The fourth-order valence-electron chi connectivity index (χ4n) is 1.07. The Morgan fingerprint density at radius 3 is 2.46 bits per heavy atom. The third-order valence-corrected chi connectivity index (χ3v) is 1.80. The van der Waals surface area contributed by atoms with E-state index in [2.05, 4.69) is 26.1 Å². The molecular formula is C10H22N2O. The van der Waals surface area contributed by atoms with Crippen LogP contribution < -0.4 is 11.1 Å². The molecule has 0 bridgehead atoms. The van der Waals surface area contributed by atoms with Gasteiger partial charge in [-0.2, -0.15) is 0 Å². The first-order valence-corrected chi connectivity index (χ1v) is 4.92. The van der Waals surface area contributed by atoms with Crippen molar-refractivity contribution in [1.29, 1.82) is 0 Å². The second kappa shape index (κ2) is 5.97. The minimum Gasteiger partial charge on any atom is -0.356 e. The number of hydrogen-bond donors (Lipinski definition) is 2. The molecule has 0 aliphatic carbocycles. The third kappa shape index (κ3) is 9.34. The molecule has 0 aliphatic heterocycles. The van der Waals surface area contributed by atoms with Crippen LogP contribution >= 0.6 is 0 Å². The molecule has 0 rings (SSSR count). The maximum absolute atomic E-state index is 11.0. The van der Waals surface area contributed by atoms with Gasteiger partial charge < -0.3 is 11.1 Å². The quantitative estimate of drug-likeness (QED) is 0.635. The molecule has 0 saturated carbocycles. The first-order chi connectivity index (χ1) is 5.95. The van der Waals surface area contributed by atoms with Crippen molar-refractivity contribution in [2.45, 2.75) is 40.0 Å². The number of amides is 1. The molecule has 0 unspecified atom stereocenters. The molecule has 1 amide bonds. The van der Waals surface area contributed by atoms with Crippen LogP contribution in [-0.2, 0) is 4.79 Å². The van der Waals surface area contributed by atoms with Gasteiger partial charge >= 0.3 is 0 Å². The van der Waals surface area contributed by atoms with E-state index in [9.17, 15) is 4.79 Å². The second-order valence-electron chi connectivity index (χ2n) is 4.55. The van der Waals surface area contributed by atoms with Crippen molar-refractivity contribution in [2.75, 3.05) is 13.1 Å². The van der Waals surface area contributed by atoms with Gasteiger partial charge in [0.05, 0.1) is 0 Å². The van der Waals surface area contributed by atoms with Crippen LogP contribution in [0.25, 0.3) is 0 Å². The Morgan fingerprint density at radius 1 is 1.38 bits per heavy atom. The van der Waals surface area contributed by atoms with Gasteiger partial charge in [0.15, 0.2) is 0 Å². The Labute approximate surface area is 81.1 Å². The van der Waals surface area contributed by atoms with Crippen molar-refractivity contribution < 1.29 is 4.79 Å². The van der Waals surface area contributed by atoms with Crippen LogP contribution in [0.1, 0.15) is 40.0 Å². The number of carbonyl (C=O) groups excluding carboxylic acids is 1. The summed E-state index contributed by atoms with van der Waals surface area (Å²) in [5.41, 5.74) is 5.60. The molecule has 0 fully saturated rings. The largest absolute Gasteiger partial charge is 0.356 e. The molecule has 0 heterocycles. The first-order valence-electron chi connectivity index (χ1n) is 4.92. The van der Waals surface area contributed by atoms with Gasteiger partial charge in [-0.05, 0) is 18.3 Å². The lowest BCUT2D eigenvalue weighted by atomic mass is 9.91. The molecule has 13 heavy (non-hydrogen) atoms. The lowest BCUT2D eigenvalue weighted by Crippen LogP contribution is -2.27. The molecule has 3 N–H and O–H groups in total. The summed E-state index contributed by atoms with van der Waals surface area (Å²) in [6, 6.07) is 0. The van der Waals surface area contributed by atoms with Gasteiger partial charge in [-0.25, -0.2) is 0 Å². The fraction of sp³-hybridized carbons (Fsp3) is 0.900. The molecule has 0 saturated heterocycles. The molecule has 0 aliphatic rings. The summed E-state index contributed by atoms with van der Waals surface area (Å²) in [7, 11) is 0. The molecule has 0 aromatic rings. The summed E-state index contributed by atoms with van der Waals surface area (Å²) in [6.45, 7) is 7.82. The summed E-state index contributed by atoms with van der Waals surface area (Å²) in [5, 5.41) is 2.84. The second-order valence-corrected chi connectivity index (χ2v) is 4.55. The highest BCUT2D eigenvalue weighted by Gasteiger charge is 2.09. The third-order valence-electron chi connectivity index (χ3n) is 1.80. The summed E-state index contributed by atoms with van der Waals surface area (Å²) in [6.07, 6.45) is 2.62. The van der Waals surface area contributed by atoms with Crippen molar-refractivity contribution >= 4 is 5.91 Å². The van der Waals surface area contributed by atoms with E-state index in [0.717, 1.165) is 19.4 Å². The van der Waals surface area contributed by atoms with E-state index in [1.165, 1.54) is 0 Å². The van der Waals surface area contributed by atoms with Crippen molar-refractivity contribution in [2.24, 2.45) is 11.1 Å². The molecule has 3 nitrogen and oxygen atoms in total. The van der Waals surface area contributed by atoms with Gasteiger partial charge in [0.1, 0.15) is 0 Å². The van der Waals surface area contributed by atoms with Gasteiger partial charge in [-0.15, -0.1) is 0 Å². The zero-order valence-electron chi connectivity index (χ0n) is 9.02. The van der Waals surface area contributed by atoms with E-state index in [0.29, 0.717) is 18.4 Å². The van der Waals surface area contributed by atoms with Crippen molar-refractivity contribution in [3.8, 4) is 0 Å². The molecule has 3 heteroatoms. The summed E-state index contributed by atoms with van der Waals surface area (Å²) < 4.78 is 0. The van der Waals surface area contributed by atoms with Crippen LogP contribution in [0.5, 0.6) is 0 Å². The Kier molecular flexibility index (Phi) is 5.71.